The van der Waals surface area contributed by atoms with Gasteiger partial charge in [-0.05, 0) is 29.2 Å². The summed E-state index contributed by atoms with van der Waals surface area (Å²) in [6, 6.07) is 21.1. The summed E-state index contributed by atoms with van der Waals surface area (Å²) in [5, 5.41) is 4.55. The van der Waals surface area contributed by atoms with E-state index in [1.807, 2.05) is 6.07 Å². The molecule has 1 aliphatic rings. The first-order chi connectivity index (χ1) is 13.4. The van der Waals surface area contributed by atoms with Gasteiger partial charge in [-0.2, -0.15) is 0 Å². The van der Waals surface area contributed by atoms with Crippen molar-refractivity contribution < 1.29 is 4.74 Å². The third kappa shape index (κ3) is 3.20. The van der Waals surface area contributed by atoms with Crippen LogP contribution in [-0.4, -0.2) is 23.1 Å². The Labute approximate surface area is 161 Å². The van der Waals surface area contributed by atoms with Gasteiger partial charge in [0.1, 0.15) is 17.0 Å². The predicted molar refractivity (Wildman–Crippen MR) is 110 cm³/mol. The van der Waals surface area contributed by atoms with Crippen LogP contribution in [0.5, 0.6) is 0 Å². The van der Waals surface area contributed by atoms with Gasteiger partial charge in [0.25, 0.3) is 0 Å². The van der Waals surface area contributed by atoms with Gasteiger partial charge in [0.15, 0.2) is 0 Å². The van der Waals surface area contributed by atoms with Crippen molar-refractivity contribution in [1.82, 2.24) is 9.97 Å². The predicted octanol–water partition coefficient (Wildman–Crippen LogP) is 5.08. The van der Waals surface area contributed by atoms with Gasteiger partial charge in [-0.25, -0.2) is 9.97 Å². The van der Waals surface area contributed by atoms with Gasteiger partial charge in [0.2, 0.25) is 0 Å². The number of anilines is 1. The van der Waals surface area contributed by atoms with Gasteiger partial charge in [0.05, 0.1) is 18.1 Å². The molecule has 1 aliphatic heterocycles. The van der Waals surface area contributed by atoms with E-state index < -0.39 is 0 Å². The molecule has 2 aromatic heterocycles. The van der Waals surface area contributed by atoms with Crippen molar-refractivity contribution >= 4 is 27.4 Å². The zero-order valence-corrected chi connectivity index (χ0v) is 15.6. The van der Waals surface area contributed by atoms with Crippen molar-refractivity contribution in [3.05, 3.63) is 78.1 Å². The normalized spacial score (nSPS) is 16.2. The Hall–Kier alpha value is -2.76. The van der Waals surface area contributed by atoms with Crippen molar-refractivity contribution in [1.29, 1.82) is 0 Å². The van der Waals surface area contributed by atoms with Crippen LogP contribution < -0.4 is 5.32 Å². The fourth-order valence-corrected chi connectivity index (χ4v) is 4.58. The maximum atomic E-state index is 6.01. The summed E-state index contributed by atoms with van der Waals surface area (Å²) in [6.07, 6.45) is 2.66. The van der Waals surface area contributed by atoms with E-state index in [9.17, 15) is 0 Å². The molecule has 0 fully saturated rings. The number of nitrogens with zero attached hydrogens (tertiary/aromatic N) is 2. The highest BCUT2D eigenvalue weighted by atomic mass is 32.1. The molecule has 0 saturated carbocycles. The SMILES string of the molecule is c1ccc(-c2cc3c(NCC4OCCc5ccccc54)ncnc3s2)cc1. The summed E-state index contributed by atoms with van der Waals surface area (Å²) in [5.74, 6) is 0.866. The minimum absolute atomic E-state index is 0.0483. The van der Waals surface area contributed by atoms with Crippen LogP contribution in [0.25, 0.3) is 20.7 Å². The van der Waals surface area contributed by atoms with Crippen molar-refractivity contribution in [3.63, 3.8) is 0 Å². The van der Waals surface area contributed by atoms with Gasteiger partial charge in [0, 0.05) is 11.4 Å². The number of hydrogen-bond donors (Lipinski definition) is 1. The molecule has 1 N–H and O–H groups in total. The third-order valence-corrected chi connectivity index (χ3v) is 6.03. The van der Waals surface area contributed by atoms with Crippen LogP contribution in [0.2, 0.25) is 0 Å². The van der Waals surface area contributed by atoms with E-state index in [0.29, 0.717) is 6.54 Å². The van der Waals surface area contributed by atoms with Crippen LogP contribution in [0, 0.1) is 0 Å². The number of benzene rings is 2. The highest BCUT2D eigenvalue weighted by molar-refractivity contribution is 7.21. The van der Waals surface area contributed by atoms with Gasteiger partial charge >= 0.3 is 0 Å². The molecule has 134 valence electrons. The number of ether oxygens (including phenoxy) is 1. The van der Waals surface area contributed by atoms with Crippen molar-refractivity contribution in [2.45, 2.75) is 12.5 Å². The molecule has 5 rings (SSSR count). The van der Waals surface area contributed by atoms with Gasteiger partial charge < -0.3 is 10.1 Å². The number of fused-ring (bicyclic) bond motifs is 2. The molecule has 1 atom stereocenters. The first kappa shape index (κ1) is 16.4. The van der Waals surface area contributed by atoms with E-state index in [4.69, 9.17) is 4.74 Å². The van der Waals surface area contributed by atoms with E-state index in [1.54, 1.807) is 17.7 Å². The molecule has 3 heterocycles. The van der Waals surface area contributed by atoms with Crippen molar-refractivity contribution in [3.8, 4) is 10.4 Å². The lowest BCUT2D eigenvalue weighted by molar-refractivity contribution is 0.0513. The van der Waals surface area contributed by atoms with Crippen LogP contribution in [0.1, 0.15) is 17.2 Å². The second kappa shape index (κ2) is 7.10. The Bertz CT molecular complexity index is 1080. The zero-order valence-electron chi connectivity index (χ0n) is 14.8. The summed E-state index contributed by atoms with van der Waals surface area (Å²) >= 11 is 1.69. The average Bonchev–Trinajstić information content (AvgIpc) is 3.18. The zero-order chi connectivity index (χ0) is 18.1. The Morgan fingerprint density at radius 2 is 1.89 bits per heavy atom. The molecular formula is C22H19N3OS. The molecule has 0 amide bonds. The van der Waals surface area contributed by atoms with Crippen LogP contribution in [0.4, 0.5) is 5.82 Å². The number of thiophene rings is 1. The van der Waals surface area contributed by atoms with E-state index in [-0.39, 0.29) is 6.10 Å². The van der Waals surface area contributed by atoms with Gasteiger partial charge in [-0.15, -0.1) is 11.3 Å². The van der Waals surface area contributed by atoms with Gasteiger partial charge in [-0.1, -0.05) is 54.6 Å². The molecule has 27 heavy (non-hydrogen) atoms. The summed E-state index contributed by atoms with van der Waals surface area (Å²) in [7, 11) is 0. The molecule has 0 spiro atoms. The van der Waals surface area contributed by atoms with E-state index >= 15 is 0 Å². The first-order valence-electron chi connectivity index (χ1n) is 9.12. The average molecular weight is 373 g/mol. The monoisotopic (exact) mass is 373 g/mol. The minimum atomic E-state index is 0.0483. The van der Waals surface area contributed by atoms with E-state index in [1.165, 1.54) is 21.6 Å². The van der Waals surface area contributed by atoms with Crippen molar-refractivity contribution in [2.24, 2.45) is 0 Å². The molecule has 0 saturated heterocycles. The maximum Gasteiger partial charge on any atom is 0.138 e. The Kier molecular flexibility index (Phi) is 4.32. The Morgan fingerprint density at radius 1 is 1.04 bits per heavy atom. The smallest absolute Gasteiger partial charge is 0.138 e. The maximum absolute atomic E-state index is 6.01. The van der Waals surface area contributed by atoms with Gasteiger partial charge in [-0.3, -0.25) is 0 Å². The molecule has 0 radical (unpaired) electrons. The summed E-state index contributed by atoms with van der Waals surface area (Å²) in [4.78, 5) is 11.1. The highest BCUT2D eigenvalue weighted by Gasteiger charge is 2.20. The fourth-order valence-electron chi connectivity index (χ4n) is 3.58. The van der Waals surface area contributed by atoms with Crippen molar-refractivity contribution in [2.75, 3.05) is 18.5 Å². The van der Waals surface area contributed by atoms with Crippen LogP contribution in [-0.2, 0) is 11.2 Å². The second-order valence-corrected chi connectivity index (χ2v) is 7.64. The highest BCUT2D eigenvalue weighted by Crippen LogP contribution is 2.35. The lowest BCUT2D eigenvalue weighted by Crippen LogP contribution is -2.23. The quantitative estimate of drug-likeness (QED) is 0.542. The molecule has 4 aromatic rings. The van der Waals surface area contributed by atoms with Crippen LogP contribution >= 0.6 is 11.3 Å². The number of rotatable bonds is 4. The number of hydrogen-bond acceptors (Lipinski definition) is 5. The number of aromatic nitrogens is 2. The molecule has 5 heteroatoms. The lowest BCUT2D eigenvalue weighted by Gasteiger charge is -2.26. The number of nitrogens with one attached hydrogen (secondary N) is 1. The molecular weight excluding hydrogens is 354 g/mol. The fraction of sp³-hybridized carbons (Fsp3) is 0.182. The third-order valence-electron chi connectivity index (χ3n) is 4.94. The van der Waals surface area contributed by atoms with E-state index in [2.05, 4.69) is 69.9 Å². The topological polar surface area (TPSA) is 47.0 Å². The first-order valence-corrected chi connectivity index (χ1v) is 9.93. The summed E-state index contributed by atoms with van der Waals surface area (Å²) in [6.45, 7) is 1.46. The molecule has 0 aliphatic carbocycles. The van der Waals surface area contributed by atoms with Crippen LogP contribution in [0.3, 0.4) is 0 Å². The summed E-state index contributed by atoms with van der Waals surface area (Å²) in [5.41, 5.74) is 3.86. The standard InChI is InChI=1S/C22H19N3OS/c1-2-7-16(8-3-1)20-12-18-21(24-14-25-22(18)27-20)23-13-19-17-9-5-4-6-15(17)10-11-26-19/h1-9,12,14,19H,10-11,13H2,(H,23,24,25). The second-order valence-electron chi connectivity index (χ2n) is 6.61. The molecule has 0 bridgehead atoms. The molecule has 2 aromatic carbocycles. The van der Waals surface area contributed by atoms with Crippen LogP contribution in [0.15, 0.2) is 67.0 Å². The lowest BCUT2D eigenvalue weighted by atomic mass is 9.97. The van der Waals surface area contributed by atoms with E-state index in [0.717, 1.165) is 29.1 Å². The Morgan fingerprint density at radius 3 is 2.81 bits per heavy atom. The summed E-state index contributed by atoms with van der Waals surface area (Å²) < 4.78 is 6.01. The molecule has 1 unspecified atom stereocenters. The minimum Gasteiger partial charge on any atom is -0.371 e. The largest absolute Gasteiger partial charge is 0.371 e. The Balaban J connectivity index is 1.42. The molecule has 4 nitrogen and oxygen atoms in total.